The molecule has 0 nitrogen and oxygen atoms in total. The third kappa shape index (κ3) is 3.23. The van der Waals surface area contributed by atoms with E-state index in [1.807, 2.05) is 0 Å². The van der Waals surface area contributed by atoms with Gasteiger partial charge in [-0.15, -0.1) is 0 Å². The lowest BCUT2D eigenvalue weighted by Gasteiger charge is -2.27. The smallest absolute Gasteiger partial charge is 0.0353 e. The molecule has 3 aromatic carbocycles. The van der Waals surface area contributed by atoms with E-state index in [9.17, 15) is 2.74 Å². The number of fused-ring (bicyclic) bond motifs is 2. The van der Waals surface area contributed by atoms with Crippen LogP contribution in [0.3, 0.4) is 0 Å². The molecule has 1 heteroatoms. The molecule has 140 valence electrons. The van der Waals surface area contributed by atoms with Crippen molar-refractivity contribution in [3.8, 4) is 0 Å². The Kier molecular flexibility index (Phi) is 1.78. The second-order valence-electron chi connectivity index (χ2n) is 6.15. The average Bonchev–Trinajstić information content (AvgIpc) is 2.97. The fourth-order valence-electron chi connectivity index (χ4n) is 3.43. The summed E-state index contributed by atoms with van der Waals surface area (Å²) < 4.78 is 172. The molecule has 2 fully saturated rings. The Morgan fingerprint density at radius 2 is 1.41 bits per heavy atom. The van der Waals surface area contributed by atoms with Crippen molar-refractivity contribution >= 4 is 37.5 Å². The van der Waals surface area contributed by atoms with Crippen molar-refractivity contribution in [2.24, 2.45) is 0 Å². The molecule has 0 spiro atoms. The minimum Gasteiger partial charge on any atom is -0.0616 e. The van der Waals surface area contributed by atoms with Gasteiger partial charge in [-0.25, -0.2) is 0 Å². The van der Waals surface area contributed by atoms with Gasteiger partial charge < -0.3 is 0 Å². The first-order valence-electron chi connectivity index (χ1n) is 18.6. The van der Waals surface area contributed by atoms with E-state index >= 15 is 0 Å². The second kappa shape index (κ2) is 7.59. The molecular formula is C26H29Br. The minimum absolute atomic E-state index is 0.00990. The van der Waals surface area contributed by atoms with Crippen LogP contribution in [-0.2, 0) is 0 Å². The van der Waals surface area contributed by atoms with E-state index in [2.05, 4.69) is 15.9 Å². The molecule has 0 heterocycles. The summed E-state index contributed by atoms with van der Waals surface area (Å²) in [5, 5.41) is 0.112. The van der Waals surface area contributed by atoms with Crippen molar-refractivity contribution in [2.75, 3.05) is 0 Å². The highest BCUT2D eigenvalue weighted by Gasteiger charge is 2.23. The quantitative estimate of drug-likeness (QED) is 0.348. The van der Waals surface area contributed by atoms with Crippen LogP contribution >= 0.6 is 15.9 Å². The highest BCUT2D eigenvalue weighted by atomic mass is 79.9. The van der Waals surface area contributed by atoms with Crippen molar-refractivity contribution in [2.45, 2.75) is 75.6 Å². The number of benzene rings is 3. The van der Waals surface area contributed by atoms with Crippen molar-refractivity contribution in [1.29, 1.82) is 0 Å². The number of rotatable bonds is 2. The first-order chi connectivity index (χ1) is 20.9. The topological polar surface area (TPSA) is 0 Å². The van der Waals surface area contributed by atoms with Crippen LogP contribution in [0.4, 0.5) is 0 Å². The molecule has 0 amide bonds. The summed E-state index contributed by atoms with van der Waals surface area (Å²) in [7, 11) is 0. The lowest BCUT2D eigenvalue weighted by atomic mass is 9.78. The molecule has 0 aliphatic heterocycles. The van der Waals surface area contributed by atoms with Gasteiger partial charge in [0.15, 0.2) is 0 Å². The summed E-state index contributed by atoms with van der Waals surface area (Å²) in [6, 6.07) is 9.26. The van der Waals surface area contributed by atoms with Crippen LogP contribution in [0.5, 0.6) is 0 Å². The Balaban J connectivity index is 1.99. The van der Waals surface area contributed by atoms with E-state index in [0.29, 0.717) is 5.39 Å². The standard InChI is InChI=1S/C26H29Br/c27-26-22-14-8-7-13-21(22)25(19-11-5-2-6-12-19)24-17-20(15-16-23(24)26)18-9-3-1-4-10-18/h7-8,13-19H,1-6,9-12H2/i1D2,2D2,3D2,4D2,5D2,6D2,9D,10D2,11D,12D2,18D,19D. The first kappa shape index (κ1) is 6.33. The van der Waals surface area contributed by atoms with Crippen LogP contribution in [0.1, 0.15) is 114 Å². The third-order valence-corrected chi connectivity index (χ3v) is 5.49. The normalized spacial score (nSPS) is 60.5. The molecular weight excluding hydrogens is 392 g/mol. The van der Waals surface area contributed by atoms with Crippen LogP contribution in [0.25, 0.3) is 21.5 Å². The molecule has 2 aliphatic rings. The van der Waals surface area contributed by atoms with Gasteiger partial charge in [-0.3, -0.25) is 0 Å². The Labute approximate surface area is 199 Å². The summed E-state index contributed by atoms with van der Waals surface area (Å²) in [4.78, 5) is 0. The summed E-state index contributed by atoms with van der Waals surface area (Å²) in [6.07, 6.45) is -34.0. The summed E-state index contributed by atoms with van der Waals surface area (Å²) in [6.45, 7) is 0. The SMILES string of the molecule is [2H]C1C([2H])([2H])C([2H])([2H])C([2H])([2H])C([2H])([2H])C1([2H])c1ccc2c(Br)c3ccccc3c(C3([2H])C([2H])C([2H])([2H])C([2H])([2H])C([2H])([2H])C3([2H])[2H])c2c1. The van der Waals surface area contributed by atoms with Gasteiger partial charge in [-0.05, 0) is 85.9 Å². The zero-order valence-electron chi connectivity index (χ0n) is 34.1. The van der Waals surface area contributed by atoms with Gasteiger partial charge in [-0.1, -0.05) is 80.7 Å². The molecule has 4 unspecified atom stereocenters. The predicted octanol–water partition coefficient (Wildman–Crippen LogP) is 8.85. The van der Waals surface area contributed by atoms with Gasteiger partial charge in [0.1, 0.15) is 0 Å². The monoisotopic (exact) mass is 440 g/mol. The predicted molar refractivity (Wildman–Crippen MR) is 121 cm³/mol. The molecule has 0 aromatic heterocycles. The maximum Gasteiger partial charge on any atom is 0.0353 e. The molecule has 0 saturated heterocycles. The van der Waals surface area contributed by atoms with Crippen LogP contribution in [-0.4, -0.2) is 0 Å². The van der Waals surface area contributed by atoms with Crippen molar-refractivity contribution < 1.29 is 27.4 Å². The first-order valence-corrected chi connectivity index (χ1v) is 9.20. The van der Waals surface area contributed by atoms with E-state index in [1.165, 1.54) is 24.3 Å². The van der Waals surface area contributed by atoms with E-state index in [-0.39, 0.29) is 20.6 Å². The van der Waals surface area contributed by atoms with E-state index in [0.717, 1.165) is 12.1 Å². The Morgan fingerprint density at radius 1 is 0.741 bits per heavy atom. The second-order valence-corrected chi connectivity index (χ2v) is 6.94. The van der Waals surface area contributed by atoms with Crippen LogP contribution in [0.2, 0.25) is 0 Å². The van der Waals surface area contributed by atoms with E-state index in [4.69, 9.17) is 24.7 Å². The third-order valence-electron chi connectivity index (χ3n) is 4.64. The highest BCUT2D eigenvalue weighted by Crippen LogP contribution is 2.45. The van der Waals surface area contributed by atoms with Gasteiger partial charge in [0, 0.05) is 31.9 Å². The van der Waals surface area contributed by atoms with Gasteiger partial charge in [0.05, 0.1) is 0 Å². The van der Waals surface area contributed by atoms with Gasteiger partial charge in [-0.2, -0.15) is 0 Å². The van der Waals surface area contributed by atoms with Crippen LogP contribution in [0.15, 0.2) is 46.9 Å². The Bertz CT molecular complexity index is 1800. The lowest BCUT2D eigenvalue weighted by Crippen LogP contribution is -2.08. The van der Waals surface area contributed by atoms with Crippen LogP contribution < -0.4 is 0 Å². The molecule has 3 aromatic rings. The summed E-state index contributed by atoms with van der Waals surface area (Å²) in [5.74, 6) is -6.46. The molecule has 0 radical (unpaired) electrons. The minimum atomic E-state index is -3.72. The number of hydrogen-bond acceptors (Lipinski definition) is 0. The van der Waals surface area contributed by atoms with Crippen molar-refractivity contribution in [3.05, 3.63) is 58.1 Å². The molecule has 2 aliphatic carbocycles. The highest BCUT2D eigenvalue weighted by molar-refractivity contribution is 9.10. The zero-order chi connectivity index (χ0) is 36.1. The number of halogens is 1. The maximum absolute atomic E-state index is 9.60. The number of hydrogen-bond donors (Lipinski definition) is 0. The molecule has 2 saturated carbocycles. The van der Waals surface area contributed by atoms with Gasteiger partial charge in [0.2, 0.25) is 0 Å². The van der Waals surface area contributed by atoms with Crippen LogP contribution in [0, 0.1) is 0 Å². The largest absolute Gasteiger partial charge is 0.0616 e. The lowest BCUT2D eigenvalue weighted by molar-refractivity contribution is 0.443. The van der Waals surface area contributed by atoms with Crippen molar-refractivity contribution in [1.82, 2.24) is 0 Å². The molecule has 4 atom stereocenters. The molecule has 27 heavy (non-hydrogen) atoms. The Morgan fingerprint density at radius 3 is 2.22 bits per heavy atom. The summed E-state index contributed by atoms with van der Waals surface area (Å²) >= 11 is 3.45. The van der Waals surface area contributed by atoms with Gasteiger partial charge in [0.25, 0.3) is 0 Å². The summed E-state index contributed by atoms with van der Waals surface area (Å²) in [5.41, 5.74) is -1.10. The van der Waals surface area contributed by atoms with E-state index < -0.39 is 86.7 Å². The molecule has 5 rings (SSSR count). The average molecular weight is 442 g/mol. The Hall–Kier alpha value is -1.34. The van der Waals surface area contributed by atoms with E-state index in [1.54, 1.807) is 6.07 Å². The maximum atomic E-state index is 9.60. The zero-order valence-corrected chi connectivity index (χ0v) is 15.7. The molecule has 0 bridgehead atoms. The van der Waals surface area contributed by atoms with Gasteiger partial charge >= 0.3 is 0 Å². The van der Waals surface area contributed by atoms with Crippen molar-refractivity contribution in [3.63, 3.8) is 0 Å². The molecule has 0 N–H and O–H groups in total. The fourth-order valence-corrected chi connectivity index (χ4v) is 4.12. The fraction of sp³-hybridized carbons (Fsp3) is 0.462.